The highest BCUT2D eigenvalue weighted by molar-refractivity contribution is 6.14. The van der Waals surface area contributed by atoms with Gasteiger partial charge in [0.1, 0.15) is 0 Å². The molecule has 94 valence electrons. The first-order valence-electron chi connectivity index (χ1n) is 6.67. The Hall–Kier alpha value is -0.665. The lowest BCUT2D eigenvalue weighted by atomic mass is 9.62. The Morgan fingerprint density at radius 3 is 2.53 bits per heavy atom. The van der Waals surface area contributed by atoms with Crippen molar-refractivity contribution in [2.45, 2.75) is 56.4 Å². The molecule has 17 heavy (non-hydrogen) atoms. The van der Waals surface area contributed by atoms with Gasteiger partial charge in [-0.25, -0.2) is 0 Å². The first-order chi connectivity index (χ1) is 7.96. The highest BCUT2D eigenvalue weighted by Crippen LogP contribution is 2.41. The number of aliphatic imine (C=N–C) groups is 1. The zero-order valence-electron chi connectivity index (χ0n) is 11.6. The molecule has 1 aliphatic heterocycles. The molecule has 1 aliphatic carbocycles. The summed E-state index contributed by atoms with van der Waals surface area (Å²) in [6.07, 6.45) is 6.01. The Balaban J connectivity index is 2.24. The Morgan fingerprint density at radius 1 is 1.24 bits per heavy atom. The first-order valence-corrected chi connectivity index (χ1v) is 6.67. The fourth-order valence-corrected chi connectivity index (χ4v) is 3.50. The van der Waals surface area contributed by atoms with Crippen molar-refractivity contribution < 1.29 is 0 Å². The molecule has 2 aliphatic rings. The normalized spacial score (nSPS) is 41.3. The maximum Gasteiger partial charge on any atom is 0.196 e. The van der Waals surface area contributed by atoms with E-state index >= 15 is 0 Å². The Labute approximate surface area is 107 Å². The second-order valence-electron chi connectivity index (χ2n) is 5.98. The van der Waals surface area contributed by atoms with E-state index in [0.29, 0.717) is 12.1 Å². The van der Waals surface area contributed by atoms with Gasteiger partial charge in [-0.2, -0.15) is 0 Å². The predicted molar refractivity (Wildman–Crippen MR) is 73.7 cm³/mol. The average molecular weight is 233 g/mol. The molecule has 1 heterocycles. The molecule has 4 heteroatoms. The highest BCUT2D eigenvalue weighted by Gasteiger charge is 2.42. The molecular formula is C13H24BN3. The third-order valence-corrected chi connectivity index (χ3v) is 4.44. The van der Waals surface area contributed by atoms with Gasteiger partial charge in [-0.05, 0) is 12.8 Å². The molecule has 0 aromatic heterocycles. The van der Waals surface area contributed by atoms with E-state index in [-0.39, 0.29) is 5.31 Å². The fraction of sp³-hybridized carbons (Fsp3) is 0.923. The lowest BCUT2D eigenvalue weighted by Crippen LogP contribution is -2.39. The lowest BCUT2D eigenvalue weighted by molar-refractivity contribution is 0.229. The summed E-state index contributed by atoms with van der Waals surface area (Å²) in [6.45, 7) is 2.20. The van der Waals surface area contributed by atoms with Crippen molar-refractivity contribution in [3.63, 3.8) is 0 Å². The van der Waals surface area contributed by atoms with E-state index in [1.54, 1.807) is 0 Å². The topological polar surface area (TPSA) is 18.8 Å². The molecule has 0 aromatic carbocycles. The van der Waals surface area contributed by atoms with Crippen LogP contribution in [0.15, 0.2) is 4.99 Å². The van der Waals surface area contributed by atoms with Crippen LogP contribution in [0.2, 0.25) is 5.31 Å². The maximum atomic E-state index is 6.41. The number of guanidine groups is 1. The van der Waals surface area contributed by atoms with Crippen molar-refractivity contribution in [1.82, 2.24) is 9.80 Å². The number of rotatable bonds is 0. The fourth-order valence-electron chi connectivity index (χ4n) is 3.50. The Bertz CT molecular complexity index is 314. The van der Waals surface area contributed by atoms with E-state index in [1.165, 1.54) is 19.3 Å². The van der Waals surface area contributed by atoms with Gasteiger partial charge in [-0.1, -0.05) is 31.5 Å². The largest absolute Gasteiger partial charge is 0.341 e. The predicted octanol–water partition coefficient (Wildman–Crippen LogP) is 1.90. The number of hydrogen-bond donors (Lipinski definition) is 0. The summed E-state index contributed by atoms with van der Waals surface area (Å²) in [6, 6.07) is 1.11. The maximum absolute atomic E-state index is 6.41. The third-order valence-electron chi connectivity index (χ3n) is 4.44. The number of likely N-dealkylation sites (N-methyl/N-ethyl adjacent to an activating group) is 2. The van der Waals surface area contributed by atoms with Crippen molar-refractivity contribution in [2.24, 2.45) is 4.99 Å². The zero-order valence-corrected chi connectivity index (χ0v) is 11.6. The Kier molecular flexibility index (Phi) is 3.42. The summed E-state index contributed by atoms with van der Waals surface area (Å²) in [5.74, 6) is 1.11. The molecule has 0 N–H and O–H groups in total. The minimum atomic E-state index is -0.0262. The van der Waals surface area contributed by atoms with Crippen LogP contribution in [0.3, 0.4) is 0 Å². The van der Waals surface area contributed by atoms with Gasteiger partial charge < -0.3 is 9.80 Å². The van der Waals surface area contributed by atoms with Gasteiger partial charge in [0, 0.05) is 21.1 Å². The van der Waals surface area contributed by atoms with E-state index < -0.39 is 0 Å². The minimum Gasteiger partial charge on any atom is -0.341 e. The second-order valence-corrected chi connectivity index (χ2v) is 5.98. The van der Waals surface area contributed by atoms with Crippen molar-refractivity contribution in [3.8, 4) is 0 Å². The van der Waals surface area contributed by atoms with Crippen LogP contribution < -0.4 is 0 Å². The van der Waals surface area contributed by atoms with Crippen LogP contribution >= 0.6 is 0 Å². The van der Waals surface area contributed by atoms with E-state index in [2.05, 4.69) is 35.8 Å². The van der Waals surface area contributed by atoms with Gasteiger partial charge in [-0.15, -0.1) is 0 Å². The van der Waals surface area contributed by atoms with Gasteiger partial charge in [0.05, 0.1) is 19.9 Å². The third kappa shape index (κ3) is 2.31. The number of nitrogens with zero attached hydrogens (tertiary/aromatic N) is 3. The van der Waals surface area contributed by atoms with Crippen molar-refractivity contribution >= 4 is 13.8 Å². The molecule has 0 bridgehead atoms. The molecular weight excluding hydrogens is 209 g/mol. The summed E-state index contributed by atoms with van der Waals surface area (Å²) >= 11 is 0. The number of hydrogen-bond acceptors (Lipinski definition) is 1. The molecule has 0 amide bonds. The van der Waals surface area contributed by atoms with Gasteiger partial charge in [-0.3, -0.25) is 4.99 Å². The van der Waals surface area contributed by atoms with E-state index in [1.807, 2.05) is 7.05 Å². The van der Waals surface area contributed by atoms with Gasteiger partial charge in [0.15, 0.2) is 5.96 Å². The Morgan fingerprint density at radius 2 is 1.88 bits per heavy atom. The molecule has 2 fully saturated rings. The van der Waals surface area contributed by atoms with Gasteiger partial charge in [0.2, 0.25) is 0 Å². The van der Waals surface area contributed by atoms with E-state index in [9.17, 15) is 0 Å². The summed E-state index contributed by atoms with van der Waals surface area (Å²) < 4.78 is 0. The van der Waals surface area contributed by atoms with E-state index in [0.717, 1.165) is 18.8 Å². The van der Waals surface area contributed by atoms with Crippen LogP contribution in [0.4, 0.5) is 0 Å². The summed E-state index contributed by atoms with van der Waals surface area (Å²) in [4.78, 5) is 9.07. The molecule has 3 atom stereocenters. The van der Waals surface area contributed by atoms with Crippen LogP contribution in [0.5, 0.6) is 0 Å². The van der Waals surface area contributed by atoms with Crippen LogP contribution in [0.25, 0.3) is 0 Å². The van der Waals surface area contributed by atoms with Crippen molar-refractivity contribution in [3.05, 3.63) is 0 Å². The monoisotopic (exact) mass is 233 g/mol. The van der Waals surface area contributed by atoms with Crippen LogP contribution in [-0.2, 0) is 0 Å². The number of fused-ring (bicyclic) bond motifs is 1. The second kappa shape index (κ2) is 4.54. The van der Waals surface area contributed by atoms with Crippen LogP contribution in [0.1, 0.15) is 39.0 Å². The highest BCUT2D eigenvalue weighted by atomic mass is 15.4. The first kappa shape index (κ1) is 12.8. The van der Waals surface area contributed by atoms with Crippen LogP contribution in [0, 0.1) is 0 Å². The SMILES string of the molecule is [B]C1(C)CCCCC2C(C1)N(C)C(=NC)N2C. The van der Waals surface area contributed by atoms with E-state index in [4.69, 9.17) is 7.85 Å². The molecule has 2 rings (SSSR count). The summed E-state index contributed by atoms with van der Waals surface area (Å²) in [5, 5.41) is -0.0262. The molecule has 0 aromatic rings. The van der Waals surface area contributed by atoms with Crippen molar-refractivity contribution in [2.75, 3.05) is 21.1 Å². The molecule has 3 unspecified atom stereocenters. The smallest absolute Gasteiger partial charge is 0.196 e. The summed E-state index contributed by atoms with van der Waals surface area (Å²) in [7, 11) is 12.6. The van der Waals surface area contributed by atoms with Crippen molar-refractivity contribution in [1.29, 1.82) is 0 Å². The average Bonchev–Trinajstić information content (AvgIpc) is 2.44. The van der Waals surface area contributed by atoms with Crippen LogP contribution in [-0.4, -0.2) is 56.8 Å². The molecule has 1 saturated carbocycles. The van der Waals surface area contributed by atoms with Gasteiger partial charge in [0.25, 0.3) is 0 Å². The lowest BCUT2D eigenvalue weighted by Gasteiger charge is -2.36. The molecule has 1 saturated heterocycles. The molecule has 2 radical (unpaired) electrons. The van der Waals surface area contributed by atoms with Gasteiger partial charge >= 0.3 is 0 Å². The minimum absolute atomic E-state index is 0.0262. The summed E-state index contributed by atoms with van der Waals surface area (Å²) in [5.41, 5.74) is 0. The quantitative estimate of drug-likeness (QED) is 0.595. The molecule has 3 nitrogen and oxygen atoms in total. The zero-order chi connectivity index (χ0) is 12.6. The standard InChI is InChI=1S/C13H24BN3/c1-13(14)8-6-5-7-10-11(9-13)17(4)12(15-2)16(10)3/h10-11H,5-9H2,1-4H3. The molecule has 0 spiro atoms.